The van der Waals surface area contributed by atoms with Crippen LogP contribution in [0.4, 0.5) is 0 Å². The molecule has 102 valence electrons. The van der Waals surface area contributed by atoms with Crippen molar-refractivity contribution in [3.8, 4) is 5.75 Å². The number of nitrogens with zero attached hydrogens (tertiary/aromatic N) is 1. The highest BCUT2D eigenvalue weighted by Crippen LogP contribution is 2.20. The van der Waals surface area contributed by atoms with Gasteiger partial charge in [0.05, 0.1) is 0 Å². The van der Waals surface area contributed by atoms with E-state index in [1.165, 1.54) is 10.8 Å². The minimum atomic E-state index is 0.700. The van der Waals surface area contributed by atoms with E-state index >= 15 is 0 Å². The standard InChI is InChI=1S/C16H22N2O/c1-18(2)11-9-17-10-12-19-16-8-7-14-5-3-4-6-15(14)13-16/h3-8,13,17H,9-12H2,1-2H3. The third-order valence-electron chi connectivity index (χ3n) is 3.00. The average Bonchev–Trinajstić information content (AvgIpc) is 2.42. The summed E-state index contributed by atoms with van der Waals surface area (Å²) >= 11 is 0. The Balaban J connectivity index is 1.75. The van der Waals surface area contributed by atoms with E-state index in [-0.39, 0.29) is 0 Å². The zero-order valence-electron chi connectivity index (χ0n) is 11.7. The van der Waals surface area contributed by atoms with E-state index < -0.39 is 0 Å². The molecule has 0 bridgehead atoms. The number of hydrogen-bond donors (Lipinski definition) is 1. The summed E-state index contributed by atoms with van der Waals surface area (Å²) < 4.78 is 5.75. The first-order valence-corrected chi connectivity index (χ1v) is 6.73. The number of rotatable bonds is 7. The highest BCUT2D eigenvalue weighted by molar-refractivity contribution is 5.83. The molecule has 0 aliphatic carbocycles. The first-order chi connectivity index (χ1) is 9.25. The minimum Gasteiger partial charge on any atom is -0.492 e. The van der Waals surface area contributed by atoms with E-state index in [1.807, 2.05) is 6.07 Å². The first kappa shape index (κ1) is 13.8. The van der Waals surface area contributed by atoms with E-state index in [0.29, 0.717) is 6.61 Å². The summed E-state index contributed by atoms with van der Waals surface area (Å²) in [7, 11) is 4.15. The summed E-state index contributed by atoms with van der Waals surface area (Å²) in [5.74, 6) is 0.938. The third-order valence-corrected chi connectivity index (χ3v) is 3.00. The van der Waals surface area contributed by atoms with E-state index in [2.05, 4.69) is 60.7 Å². The van der Waals surface area contributed by atoms with Gasteiger partial charge in [-0.15, -0.1) is 0 Å². The normalized spacial score (nSPS) is 11.1. The van der Waals surface area contributed by atoms with Gasteiger partial charge in [-0.2, -0.15) is 0 Å². The van der Waals surface area contributed by atoms with Crippen LogP contribution in [0.1, 0.15) is 0 Å². The molecular formula is C16H22N2O. The van der Waals surface area contributed by atoms with Crippen LogP contribution in [0.2, 0.25) is 0 Å². The van der Waals surface area contributed by atoms with Crippen LogP contribution in [-0.4, -0.2) is 45.2 Å². The van der Waals surface area contributed by atoms with Crippen LogP contribution < -0.4 is 10.1 Å². The monoisotopic (exact) mass is 258 g/mol. The van der Waals surface area contributed by atoms with Gasteiger partial charge in [0.25, 0.3) is 0 Å². The Hall–Kier alpha value is -1.58. The van der Waals surface area contributed by atoms with Gasteiger partial charge >= 0.3 is 0 Å². The molecule has 0 amide bonds. The molecule has 2 aromatic carbocycles. The fourth-order valence-electron chi connectivity index (χ4n) is 1.93. The second kappa shape index (κ2) is 7.12. The van der Waals surface area contributed by atoms with Crippen LogP contribution in [0.3, 0.4) is 0 Å². The number of nitrogens with one attached hydrogen (secondary N) is 1. The van der Waals surface area contributed by atoms with Crippen molar-refractivity contribution in [1.82, 2.24) is 10.2 Å². The Morgan fingerprint density at radius 2 is 1.79 bits per heavy atom. The third kappa shape index (κ3) is 4.54. The van der Waals surface area contributed by atoms with Crippen LogP contribution in [0.25, 0.3) is 10.8 Å². The van der Waals surface area contributed by atoms with Crippen molar-refractivity contribution in [2.75, 3.05) is 40.3 Å². The molecular weight excluding hydrogens is 236 g/mol. The van der Waals surface area contributed by atoms with E-state index in [0.717, 1.165) is 25.4 Å². The zero-order valence-corrected chi connectivity index (χ0v) is 11.7. The summed E-state index contributed by atoms with van der Waals surface area (Å²) in [6.07, 6.45) is 0. The van der Waals surface area contributed by atoms with Crippen molar-refractivity contribution in [2.45, 2.75) is 0 Å². The Labute approximate surface area is 115 Å². The molecule has 3 nitrogen and oxygen atoms in total. The largest absolute Gasteiger partial charge is 0.492 e. The number of fused-ring (bicyclic) bond motifs is 1. The topological polar surface area (TPSA) is 24.5 Å². The Morgan fingerprint density at radius 3 is 2.58 bits per heavy atom. The highest BCUT2D eigenvalue weighted by Gasteiger charge is 1.97. The predicted molar refractivity (Wildman–Crippen MR) is 80.9 cm³/mol. The molecule has 0 fully saturated rings. The van der Waals surface area contributed by atoms with E-state index in [1.54, 1.807) is 0 Å². The molecule has 0 saturated carbocycles. The molecule has 0 atom stereocenters. The first-order valence-electron chi connectivity index (χ1n) is 6.73. The predicted octanol–water partition coefficient (Wildman–Crippen LogP) is 2.37. The Kier molecular flexibility index (Phi) is 5.19. The molecule has 0 unspecified atom stereocenters. The second-order valence-corrected chi connectivity index (χ2v) is 4.91. The maximum atomic E-state index is 5.75. The lowest BCUT2D eigenvalue weighted by Crippen LogP contribution is -2.29. The van der Waals surface area contributed by atoms with Gasteiger partial charge < -0.3 is 15.0 Å². The van der Waals surface area contributed by atoms with E-state index in [9.17, 15) is 0 Å². The summed E-state index contributed by atoms with van der Waals surface area (Å²) in [4.78, 5) is 2.16. The molecule has 0 saturated heterocycles. The zero-order chi connectivity index (χ0) is 13.5. The van der Waals surface area contributed by atoms with Crippen molar-refractivity contribution in [3.63, 3.8) is 0 Å². The van der Waals surface area contributed by atoms with Crippen LogP contribution in [0.15, 0.2) is 42.5 Å². The smallest absolute Gasteiger partial charge is 0.120 e. The lowest BCUT2D eigenvalue weighted by Gasteiger charge is -2.11. The van der Waals surface area contributed by atoms with Crippen LogP contribution in [-0.2, 0) is 0 Å². The van der Waals surface area contributed by atoms with Crippen LogP contribution in [0, 0.1) is 0 Å². The van der Waals surface area contributed by atoms with E-state index in [4.69, 9.17) is 4.74 Å². The Bertz CT molecular complexity index is 511. The van der Waals surface area contributed by atoms with Crippen molar-refractivity contribution in [2.24, 2.45) is 0 Å². The molecule has 2 rings (SSSR count). The molecule has 0 heterocycles. The molecule has 1 N–H and O–H groups in total. The maximum Gasteiger partial charge on any atom is 0.120 e. The van der Waals surface area contributed by atoms with Gasteiger partial charge in [0.2, 0.25) is 0 Å². The number of benzene rings is 2. The van der Waals surface area contributed by atoms with Crippen molar-refractivity contribution >= 4 is 10.8 Å². The molecule has 0 aliphatic rings. The summed E-state index contributed by atoms with van der Waals surface area (Å²) in [6.45, 7) is 3.62. The lowest BCUT2D eigenvalue weighted by molar-refractivity contribution is 0.309. The fourth-order valence-corrected chi connectivity index (χ4v) is 1.93. The summed E-state index contributed by atoms with van der Waals surface area (Å²) in [5.41, 5.74) is 0. The molecule has 19 heavy (non-hydrogen) atoms. The van der Waals surface area contributed by atoms with Gasteiger partial charge in [0.1, 0.15) is 12.4 Å². The molecule has 0 spiro atoms. The van der Waals surface area contributed by atoms with Crippen molar-refractivity contribution < 1.29 is 4.74 Å². The fraction of sp³-hybridized carbons (Fsp3) is 0.375. The van der Waals surface area contributed by atoms with Gasteiger partial charge in [-0.05, 0) is 37.0 Å². The Morgan fingerprint density at radius 1 is 1.00 bits per heavy atom. The number of likely N-dealkylation sites (N-methyl/N-ethyl adjacent to an activating group) is 1. The van der Waals surface area contributed by atoms with Gasteiger partial charge in [-0.3, -0.25) is 0 Å². The molecule has 0 aliphatic heterocycles. The van der Waals surface area contributed by atoms with Crippen molar-refractivity contribution in [3.05, 3.63) is 42.5 Å². The summed E-state index contributed by atoms with van der Waals surface area (Å²) in [6, 6.07) is 14.5. The molecule has 2 aromatic rings. The van der Waals surface area contributed by atoms with Gasteiger partial charge in [0, 0.05) is 19.6 Å². The quantitative estimate of drug-likeness (QED) is 0.772. The average molecular weight is 258 g/mol. The van der Waals surface area contributed by atoms with Crippen LogP contribution in [0.5, 0.6) is 5.75 Å². The van der Waals surface area contributed by atoms with Gasteiger partial charge in [0.15, 0.2) is 0 Å². The highest BCUT2D eigenvalue weighted by atomic mass is 16.5. The summed E-state index contributed by atoms with van der Waals surface area (Å²) in [5, 5.41) is 5.83. The second-order valence-electron chi connectivity index (χ2n) is 4.91. The van der Waals surface area contributed by atoms with Gasteiger partial charge in [-0.1, -0.05) is 30.3 Å². The molecule has 0 aromatic heterocycles. The van der Waals surface area contributed by atoms with Gasteiger partial charge in [-0.25, -0.2) is 0 Å². The number of hydrogen-bond acceptors (Lipinski definition) is 3. The SMILES string of the molecule is CN(C)CCNCCOc1ccc2ccccc2c1. The maximum absolute atomic E-state index is 5.75. The van der Waals surface area contributed by atoms with Crippen molar-refractivity contribution in [1.29, 1.82) is 0 Å². The minimum absolute atomic E-state index is 0.700. The molecule has 0 radical (unpaired) electrons. The molecule has 3 heteroatoms. The van der Waals surface area contributed by atoms with Crippen LogP contribution >= 0.6 is 0 Å². The number of ether oxygens (including phenoxy) is 1. The lowest BCUT2D eigenvalue weighted by atomic mass is 10.1.